The molecule has 5 rings (SSSR count). The number of carbonyl (C=O) groups excluding carboxylic acids is 1. The summed E-state index contributed by atoms with van der Waals surface area (Å²) in [6.45, 7) is 7.37. The number of carbonyl (C=O) groups is 1. The van der Waals surface area contributed by atoms with Crippen molar-refractivity contribution in [2.45, 2.75) is 20.0 Å². The Hall–Kier alpha value is -5.03. The highest BCUT2D eigenvalue weighted by Gasteiger charge is 2.14. The summed E-state index contributed by atoms with van der Waals surface area (Å²) in [6, 6.07) is 15.6. The van der Waals surface area contributed by atoms with E-state index >= 15 is 0 Å². The highest BCUT2D eigenvalue weighted by molar-refractivity contribution is 6.04. The number of likely N-dealkylation sites (N-methyl/N-ethyl adjacent to an activating group) is 1. The Bertz CT molecular complexity index is 1600. The summed E-state index contributed by atoms with van der Waals surface area (Å²) in [4.78, 5) is 26.4. The number of nitrogens with one attached hydrogen (secondary N) is 2. The molecule has 1 amide bonds. The van der Waals surface area contributed by atoms with Gasteiger partial charge in [-0.05, 0) is 49.4 Å². The van der Waals surface area contributed by atoms with Gasteiger partial charge in [0.1, 0.15) is 6.54 Å². The van der Waals surface area contributed by atoms with Crippen molar-refractivity contribution in [1.82, 2.24) is 29.5 Å². The molecule has 3 heterocycles. The third-order valence-corrected chi connectivity index (χ3v) is 6.83. The van der Waals surface area contributed by atoms with Gasteiger partial charge in [-0.3, -0.25) is 14.4 Å². The maximum atomic E-state index is 13.0. The number of nitriles is 1. The second kappa shape index (κ2) is 12.9. The zero-order valence-electron chi connectivity index (χ0n) is 23.1. The number of hydrogen-bond donors (Lipinski definition) is 2. The second-order valence-corrected chi connectivity index (χ2v) is 10.0. The lowest BCUT2D eigenvalue weighted by molar-refractivity contribution is 0.102. The van der Waals surface area contributed by atoms with Crippen molar-refractivity contribution in [3.8, 4) is 17.9 Å². The standard InChI is InChI=1S/C31H31N9O/c1-23-3-7-27(30(41)36-28-9-5-24(6-10-28)21-39-15-13-38(2)14-16-39)17-26(23)8-4-25-18-33-31(34-19-25)37-29-20-35-40(22-29)12-11-32/h3,5-7,9-10,17-20,22H,12-16,21H2,1-2H3,(H,36,41)(H,33,34,37). The van der Waals surface area contributed by atoms with Crippen LogP contribution in [0, 0.1) is 30.1 Å². The molecule has 10 nitrogen and oxygen atoms in total. The van der Waals surface area contributed by atoms with Gasteiger partial charge in [-0.15, -0.1) is 0 Å². The fourth-order valence-corrected chi connectivity index (χ4v) is 4.37. The molecule has 0 saturated carbocycles. The molecule has 1 fully saturated rings. The SMILES string of the molecule is Cc1ccc(C(=O)Nc2ccc(CN3CCN(C)CC3)cc2)cc1C#Cc1cnc(Nc2cnn(CC#N)c2)nc1. The maximum Gasteiger partial charge on any atom is 0.255 e. The summed E-state index contributed by atoms with van der Waals surface area (Å²) in [7, 11) is 2.16. The summed E-state index contributed by atoms with van der Waals surface area (Å²) < 4.78 is 1.52. The first-order chi connectivity index (χ1) is 19.9. The monoisotopic (exact) mass is 545 g/mol. The van der Waals surface area contributed by atoms with E-state index in [-0.39, 0.29) is 12.5 Å². The lowest BCUT2D eigenvalue weighted by Gasteiger charge is -2.32. The fourth-order valence-electron chi connectivity index (χ4n) is 4.37. The van der Waals surface area contributed by atoms with E-state index in [1.165, 1.54) is 10.2 Å². The first kappa shape index (κ1) is 27.5. The zero-order chi connectivity index (χ0) is 28.6. The van der Waals surface area contributed by atoms with Crippen molar-refractivity contribution < 1.29 is 4.79 Å². The van der Waals surface area contributed by atoms with Crippen LogP contribution < -0.4 is 10.6 Å². The summed E-state index contributed by atoms with van der Waals surface area (Å²) in [5, 5.41) is 18.9. The van der Waals surface area contributed by atoms with Crippen LogP contribution >= 0.6 is 0 Å². The van der Waals surface area contributed by atoms with Crippen LogP contribution in [0.4, 0.5) is 17.3 Å². The maximum absolute atomic E-state index is 13.0. The fraction of sp³-hybridized carbons (Fsp3) is 0.258. The van der Waals surface area contributed by atoms with Gasteiger partial charge < -0.3 is 15.5 Å². The molecule has 1 aliphatic heterocycles. The van der Waals surface area contributed by atoms with Crippen molar-refractivity contribution in [2.75, 3.05) is 43.9 Å². The van der Waals surface area contributed by atoms with E-state index in [0.29, 0.717) is 22.8 Å². The molecule has 0 radical (unpaired) electrons. The number of nitrogens with zero attached hydrogens (tertiary/aromatic N) is 7. The molecule has 2 aromatic carbocycles. The molecular weight excluding hydrogens is 514 g/mol. The zero-order valence-corrected chi connectivity index (χ0v) is 23.1. The second-order valence-electron chi connectivity index (χ2n) is 10.0. The average Bonchev–Trinajstić information content (AvgIpc) is 3.42. The van der Waals surface area contributed by atoms with Crippen molar-refractivity contribution in [3.63, 3.8) is 0 Å². The minimum Gasteiger partial charge on any atom is -0.322 e. The van der Waals surface area contributed by atoms with Gasteiger partial charge in [-0.25, -0.2) is 9.97 Å². The summed E-state index contributed by atoms with van der Waals surface area (Å²) in [5.74, 6) is 6.43. The quantitative estimate of drug-likeness (QED) is 0.338. The highest BCUT2D eigenvalue weighted by Crippen LogP contribution is 2.16. The highest BCUT2D eigenvalue weighted by atomic mass is 16.1. The van der Waals surface area contributed by atoms with E-state index in [0.717, 1.165) is 49.5 Å². The molecule has 0 unspecified atom stereocenters. The Morgan fingerprint density at radius 1 is 0.976 bits per heavy atom. The molecule has 0 spiro atoms. The van der Waals surface area contributed by atoms with Crippen LogP contribution in [0.5, 0.6) is 0 Å². The molecule has 2 aromatic heterocycles. The minimum atomic E-state index is -0.184. The molecule has 41 heavy (non-hydrogen) atoms. The normalized spacial score (nSPS) is 13.6. The van der Waals surface area contributed by atoms with Crippen LogP contribution in [0.25, 0.3) is 0 Å². The van der Waals surface area contributed by atoms with Crippen molar-refractivity contribution >= 4 is 23.2 Å². The van der Waals surface area contributed by atoms with Crippen LogP contribution in [0.2, 0.25) is 0 Å². The van der Waals surface area contributed by atoms with E-state index in [9.17, 15) is 4.79 Å². The van der Waals surface area contributed by atoms with E-state index in [2.05, 4.69) is 66.5 Å². The van der Waals surface area contributed by atoms with Gasteiger partial charge in [0, 0.05) is 68.1 Å². The topological polar surface area (TPSA) is 115 Å². The van der Waals surface area contributed by atoms with Gasteiger partial charge in [0.2, 0.25) is 5.95 Å². The summed E-state index contributed by atoms with van der Waals surface area (Å²) in [5.41, 5.74) is 5.58. The first-order valence-corrected chi connectivity index (χ1v) is 13.4. The molecule has 0 aliphatic carbocycles. The number of aromatic nitrogens is 4. The van der Waals surface area contributed by atoms with Crippen LogP contribution in [0.3, 0.4) is 0 Å². The average molecular weight is 546 g/mol. The number of benzene rings is 2. The molecule has 2 N–H and O–H groups in total. The molecular formula is C31H31N9O. The van der Waals surface area contributed by atoms with Gasteiger partial charge in [-0.1, -0.05) is 30.0 Å². The van der Waals surface area contributed by atoms with Crippen molar-refractivity contribution in [2.24, 2.45) is 0 Å². The number of aryl methyl sites for hydroxylation is 1. The Kier molecular flexibility index (Phi) is 8.65. The Balaban J connectivity index is 1.19. The molecule has 206 valence electrons. The predicted octanol–water partition coefficient (Wildman–Crippen LogP) is 3.65. The summed E-state index contributed by atoms with van der Waals surface area (Å²) >= 11 is 0. The molecule has 4 aromatic rings. The van der Waals surface area contributed by atoms with Gasteiger partial charge >= 0.3 is 0 Å². The van der Waals surface area contributed by atoms with Gasteiger partial charge in [0.05, 0.1) is 23.5 Å². The van der Waals surface area contributed by atoms with Gasteiger partial charge in [0.25, 0.3) is 5.91 Å². The third kappa shape index (κ3) is 7.55. The number of rotatable bonds is 7. The molecule has 10 heteroatoms. The van der Waals surface area contributed by atoms with Crippen LogP contribution in [-0.4, -0.2) is 68.7 Å². The Morgan fingerprint density at radius 2 is 1.73 bits per heavy atom. The smallest absolute Gasteiger partial charge is 0.255 e. The van der Waals surface area contributed by atoms with Crippen molar-refractivity contribution in [1.29, 1.82) is 5.26 Å². The van der Waals surface area contributed by atoms with Crippen molar-refractivity contribution in [3.05, 3.63) is 95.1 Å². The number of amides is 1. The Morgan fingerprint density at radius 3 is 2.46 bits per heavy atom. The third-order valence-electron chi connectivity index (χ3n) is 6.83. The molecule has 1 aliphatic rings. The number of anilines is 3. The lowest BCUT2D eigenvalue weighted by Crippen LogP contribution is -2.43. The lowest BCUT2D eigenvalue weighted by atomic mass is 10.0. The number of hydrogen-bond acceptors (Lipinski definition) is 8. The van der Waals surface area contributed by atoms with Crippen LogP contribution in [0.1, 0.15) is 32.6 Å². The van der Waals surface area contributed by atoms with E-state index in [4.69, 9.17) is 5.26 Å². The molecule has 0 atom stereocenters. The van der Waals surface area contributed by atoms with E-state index in [1.807, 2.05) is 31.2 Å². The predicted molar refractivity (Wildman–Crippen MR) is 157 cm³/mol. The molecule has 0 bridgehead atoms. The minimum absolute atomic E-state index is 0.170. The summed E-state index contributed by atoms with van der Waals surface area (Å²) in [6.07, 6.45) is 6.56. The van der Waals surface area contributed by atoms with E-state index < -0.39 is 0 Å². The largest absolute Gasteiger partial charge is 0.322 e. The van der Waals surface area contributed by atoms with E-state index in [1.54, 1.807) is 36.9 Å². The van der Waals surface area contributed by atoms with Crippen LogP contribution in [-0.2, 0) is 13.1 Å². The first-order valence-electron chi connectivity index (χ1n) is 13.4. The Labute approximate surface area is 239 Å². The van der Waals surface area contributed by atoms with Gasteiger partial charge in [0.15, 0.2) is 0 Å². The van der Waals surface area contributed by atoms with Crippen LogP contribution in [0.15, 0.2) is 67.3 Å². The number of piperazine rings is 1. The molecule has 1 saturated heterocycles. The van der Waals surface area contributed by atoms with Gasteiger partial charge in [-0.2, -0.15) is 10.4 Å².